The Morgan fingerprint density at radius 1 is 0.529 bits per heavy atom. The van der Waals surface area contributed by atoms with Crippen LogP contribution >= 0.6 is 0 Å². The first-order valence-corrected chi connectivity index (χ1v) is 7.74. The maximum absolute atomic E-state index is 5.28. The molecule has 102 valence electrons. The zero-order valence-corrected chi connectivity index (χ0v) is 12.1. The van der Waals surface area contributed by atoms with Crippen molar-refractivity contribution in [2.75, 3.05) is 0 Å². The second-order valence-corrected chi connectivity index (χ2v) is 4.64. The minimum absolute atomic E-state index is 0.703. The smallest absolute Gasteiger partial charge is 0.0841 e. The minimum atomic E-state index is 0.703. The van der Waals surface area contributed by atoms with Gasteiger partial charge in [0.1, 0.15) is 0 Å². The Kier molecular flexibility index (Phi) is 7.14. The van der Waals surface area contributed by atoms with Gasteiger partial charge in [0, 0.05) is 0 Å². The summed E-state index contributed by atoms with van der Waals surface area (Å²) in [6.45, 7) is 8.00. The molecule has 2 nitrogen and oxygen atoms in total. The summed E-state index contributed by atoms with van der Waals surface area (Å²) in [5.41, 5.74) is 0. The lowest BCUT2D eigenvalue weighted by Crippen LogP contribution is -2.00. The molecule has 0 aromatic rings. The topological polar surface area (TPSA) is 25.1 Å². The summed E-state index contributed by atoms with van der Waals surface area (Å²) in [6.07, 6.45) is 12.4. The van der Waals surface area contributed by atoms with E-state index < -0.39 is 0 Å². The lowest BCUT2D eigenvalue weighted by atomic mass is 10.0. The van der Waals surface area contributed by atoms with Gasteiger partial charge >= 0.3 is 0 Å². The van der Waals surface area contributed by atoms with E-state index in [1.165, 1.54) is 44.9 Å². The van der Waals surface area contributed by atoms with Crippen molar-refractivity contribution in [1.29, 1.82) is 0 Å². The van der Waals surface area contributed by atoms with Gasteiger partial charge in [-0.25, -0.2) is 0 Å². The van der Waals surface area contributed by atoms with Gasteiger partial charge < -0.3 is 9.47 Å². The highest BCUT2D eigenvalue weighted by Gasteiger charge is 2.42. The highest BCUT2D eigenvalue weighted by atomic mass is 16.6. The molecule has 4 aliphatic rings. The Hall–Kier alpha value is -0.0800. The first-order valence-electron chi connectivity index (χ1n) is 7.74. The van der Waals surface area contributed by atoms with Crippen molar-refractivity contribution in [2.45, 2.75) is 97.1 Å². The van der Waals surface area contributed by atoms with Crippen LogP contribution in [0.1, 0.15) is 72.6 Å². The molecule has 2 aliphatic heterocycles. The van der Waals surface area contributed by atoms with E-state index in [0.717, 1.165) is 0 Å². The van der Waals surface area contributed by atoms with E-state index in [9.17, 15) is 0 Å². The highest BCUT2D eigenvalue weighted by molar-refractivity contribution is 4.90. The lowest BCUT2D eigenvalue weighted by molar-refractivity contribution is 0.322. The van der Waals surface area contributed by atoms with Crippen LogP contribution in [0.2, 0.25) is 0 Å². The number of rotatable bonds is 0. The number of epoxide rings is 2. The van der Waals surface area contributed by atoms with Gasteiger partial charge in [-0.3, -0.25) is 0 Å². The molecule has 0 aromatic heterocycles. The molecule has 2 heteroatoms. The van der Waals surface area contributed by atoms with Crippen LogP contribution in [0.4, 0.5) is 0 Å². The van der Waals surface area contributed by atoms with Crippen molar-refractivity contribution < 1.29 is 9.47 Å². The molecule has 0 amide bonds. The Morgan fingerprint density at radius 3 is 1.06 bits per heavy atom. The van der Waals surface area contributed by atoms with Crippen LogP contribution in [-0.2, 0) is 9.47 Å². The molecule has 2 saturated carbocycles. The molecule has 0 N–H and O–H groups in total. The average Bonchev–Trinajstić information content (AvgIpc) is 3.34. The van der Waals surface area contributed by atoms with E-state index in [4.69, 9.17) is 9.47 Å². The molecule has 2 heterocycles. The van der Waals surface area contributed by atoms with Crippen molar-refractivity contribution in [2.24, 2.45) is 0 Å². The molecule has 0 spiro atoms. The highest BCUT2D eigenvalue weighted by Crippen LogP contribution is 2.37. The van der Waals surface area contributed by atoms with Crippen molar-refractivity contribution in [3.8, 4) is 0 Å². The Balaban J connectivity index is 0.000000133. The summed E-state index contributed by atoms with van der Waals surface area (Å²) in [5, 5.41) is 0. The van der Waals surface area contributed by atoms with Crippen LogP contribution in [0.5, 0.6) is 0 Å². The fourth-order valence-corrected chi connectivity index (χ4v) is 2.59. The molecule has 2 saturated heterocycles. The van der Waals surface area contributed by atoms with Gasteiger partial charge in [0.2, 0.25) is 0 Å². The number of fused-ring (bicyclic) bond motifs is 2. The summed E-state index contributed by atoms with van der Waals surface area (Å²) < 4.78 is 10.4. The standard InChI is InChI=1S/C6H10O.C5H8O.2C2H6/c1-2-4-6-5(3-1)7-6;1-2-4-5(3-1)6-4;2*1-2/h5-6H,1-4H2;4-5H,1-3H2;2*1-2H3. The van der Waals surface area contributed by atoms with E-state index in [0.29, 0.717) is 24.4 Å². The molecule has 0 aromatic carbocycles. The molecule has 4 rings (SSSR count). The fourth-order valence-electron chi connectivity index (χ4n) is 2.59. The van der Waals surface area contributed by atoms with E-state index in [2.05, 4.69) is 0 Å². The van der Waals surface area contributed by atoms with Crippen LogP contribution < -0.4 is 0 Å². The Bertz CT molecular complexity index is 175. The maximum Gasteiger partial charge on any atom is 0.0841 e. The molecule has 17 heavy (non-hydrogen) atoms. The number of ether oxygens (including phenoxy) is 2. The second-order valence-electron chi connectivity index (χ2n) is 4.64. The van der Waals surface area contributed by atoms with Crippen LogP contribution in [0.25, 0.3) is 0 Å². The molecule has 4 unspecified atom stereocenters. The van der Waals surface area contributed by atoms with E-state index in [1.807, 2.05) is 27.7 Å². The lowest BCUT2D eigenvalue weighted by Gasteiger charge is -2.00. The number of hydrogen-bond donors (Lipinski definition) is 0. The summed E-state index contributed by atoms with van der Waals surface area (Å²) in [6, 6.07) is 0. The molecule has 0 radical (unpaired) electrons. The van der Waals surface area contributed by atoms with E-state index >= 15 is 0 Å². The fraction of sp³-hybridized carbons (Fsp3) is 1.00. The third-order valence-corrected chi connectivity index (χ3v) is 3.58. The van der Waals surface area contributed by atoms with Gasteiger partial charge in [-0.2, -0.15) is 0 Å². The molecular formula is C15H30O2. The summed E-state index contributed by atoms with van der Waals surface area (Å²) in [4.78, 5) is 0. The van der Waals surface area contributed by atoms with Gasteiger partial charge in [0.15, 0.2) is 0 Å². The van der Waals surface area contributed by atoms with Gasteiger partial charge in [0.25, 0.3) is 0 Å². The van der Waals surface area contributed by atoms with Crippen LogP contribution in [-0.4, -0.2) is 24.4 Å². The van der Waals surface area contributed by atoms with Gasteiger partial charge in [-0.05, 0) is 32.1 Å². The van der Waals surface area contributed by atoms with Gasteiger partial charge in [-0.15, -0.1) is 0 Å². The average molecular weight is 242 g/mol. The first-order chi connectivity index (χ1) is 8.43. The third-order valence-electron chi connectivity index (χ3n) is 3.58. The van der Waals surface area contributed by atoms with Gasteiger partial charge in [-0.1, -0.05) is 40.5 Å². The number of hydrogen-bond acceptors (Lipinski definition) is 2. The summed E-state index contributed by atoms with van der Waals surface area (Å²) in [7, 11) is 0. The van der Waals surface area contributed by atoms with Gasteiger partial charge in [0.05, 0.1) is 24.4 Å². The molecule has 2 aliphatic carbocycles. The normalized spacial score (nSPS) is 38.8. The van der Waals surface area contributed by atoms with E-state index in [1.54, 1.807) is 0 Å². The molecular weight excluding hydrogens is 212 g/mol. The molecule has 4 atom stereocenters. The monoisotopic (exact) mass is 242 g/mol. The van der Waals surface area contributed by atoms with Crippen molar-refractivity contribution >= 4 is 0 Å². The molecule has 0 bridgehead atoms. The van der Waals surface area contributed by atoms with Crippen LogP contribution in [0, 0.1) is 0 Å². The SMILES string of the molecule is C1CC2OC2C1.C1CCC2OC2C1.CC.CC. The zero-order chi connectivity index (χ0) is 12.7. The predicted octanol–water partition coefficient (Wildman–Crippen LogP) is 4.32. The first kappa shape index (κ1) is 15.0. The third kappa shape index (κ3) is 4.97. The second kappa shape index (κ2) is 8.10. The minimum Gasteiger partial charge on any atom is -0.370 e. The van der Waals surface area contributed by atoms with Crippen LogP contribution in [0.15, 0.2) is 0 Å². The predicted molar refractivity (Wildman–Crippen MR) is 72.3 cm³/mol. The maximum atomic E-state index is 5.28. The van der Waals surface area contributed by atoms with Crippen molar-refractivity contribution in [1.82, 2.24) is 0 Å². The summed E-state index contributed by atoms with van der Waals surface area (Å²) in [5.74, 6) is 0. The van der Waals surface area contributed by atoms with E-state index in [-0.39, 0.29) is 0 Å². The Morgan fingerprint density at radius 2 is 0.824 bits per heavy atom. The van der Waals surface area contributed by atoms with Crippen molar-refractivity contribution in [3.63, 3.8) is 0 Å². The largest absolute Gasteiger partial charge is 0.370 e. The van der Waals surface area contributed by atoms with Crippen molar-refractivity contribution in [3.05, 3.63) is 0 Å². The molecule has 4 fully saturated rings. The Labute approximate surface area is 107 Å². The van der Waals surface area contributed by atoms with Crippen LogP contribution in [0.3, 0.4) is 0 Å². The zero-order valence-electron chi connectivity index (χ0n) is 12.1. The quantitative estimate of drug-likeness (QED) is 0.591. The summed E-state index contributed by atoms with van der Waals surface area (Å²) >= 11 is 0.